The molecule has 1 saturated heterocycles. The van der Waals surface area contributed by atoms with Gasteiger partial charge in [-0.25, -0.2) is 0 Å². The Morgan fingerprint density at radius 1 is 1.23 bits per heavy atom. The molecule has 0 spiro atoms. The predicted octanol–water partition coefficient (Wildman–Crippen LogP) is 2.63. The van der Waals surface area contributed by atoms with Gasteiger partial charge in [0, 0.05) is 37.1 Å². The molecule has 1 amide bonds. The fraction of sp³-hybridized carbons (Fsp3) is 0.471. The number of nitrogens with zero attached hydrogens (tertiary/aromatic N) is 4. The summed E-state index contributed by atoms with van der Waals surface area (Å²) in [7, 11) is 0. The molecule has 114 valence electrons. The number of pyridine rings is 1. The van der Waals surface area contributed by atoms with Gasteiger partial charge in [-0.05, 0) is 37.8 Å². The largest absolute Gasteiger partial charge is 0.338 e. The van der Waals surface area contributed by atoms with Gasteiger partial charge in [-0.1, -0.05) is 6.07 Å². The van der Waals surface area contributed by atoms with Crippen molar-refractivity contribution in [2.24, 2.45) is 0 Å². The lowest BCUT2D eigenvalue weighted by molar-refractivity contribution is 0.0790. The van der Waals surface area contributed by atoms with Gasteiger partial charge in [-0.2, -0.15) is 5.10 Å². The van der Waals surface area contributed by atoms with E-state index in [-0.39, 0.29) is 5.91 Å². The van der Waals surface area contributed by atoms with Crippen molar-refractivity contribution in [1.82, 2.24) is 19.7 Å². The minimum absolute atomic E-state index is 0.101. The van der Waals surface area contributed by atoms with E-state index in [1.165, 1.54) is 19.3 Å². The second-order valence-electron chi connectivity index (χ2n) is 6.29. The van der Waals surface area contributed by atoms with Crippen LogP contribution in [0.25, 0.3) is 0 Å². The van der Waals surface area contributed by atoms with Gasteiger partial charge >= 0.3 is 0 Å². The topological polar surface area (TPSA) is 51.0 Å². The molecule has 0 bridgehead atoms. The van der Waals surface area contributed by atoms with Crippen molar-refractivity contribution in [3.63, 3.8) is 0 Å². The summed E-state index contributed by atoms with van der Waals surface area (Å²) >= 11 is 0. The minimum atomic E-state index is 0.101. The summed E-state index contributed by atoms with van der Waals surface area (Å²) in [6.45, 7) is 1.55. The fourth-order valence-corrected chi connectivity index (χ4v) is 3.29. The lowest BCUT2D eigenvalue weighted by Crippen LogP contribution is -2.28. The Morgan fingerprint density at radius 3 is 2.86 bits per heavy atom. The normalized spacial score (nSPS) is 21.8. The molecule has 0 radical (unpaired) electrons. The summed E-state index contributed by atoms with van der Waals surface area (Å²) in [5, 5.41) is 4.36. The second-order valence-corrected chi connectivity index (χ2v) is 6.29. The quantitative estimate of drug-likeness (QED) is 0.875. The molecule has 0 N–H and O–H groups in total. The summed E-state index contributed by atoms with van der Waals surface area (Å²) < 4.78 is 1.96. The van der Waals surface area contributed by atoms with Gasteiger partial charge in [-0.3, -0.25) is 14.5 Å². The average molecular weight is 296 g/mol. The van der Waals surface area contributed by atoms with E-state index >= 15 is 0 Å². The van der Waals surface area contributed by atoms with Crippen LogP contribution in [0, 0.1) is 0 Å². The van der Waals surface area contributed by atoms with Gasteiger partial charge in [0.15, 0.2) is 0 Å². The van der Waals surface area contributed by atoms with Crippen molar-refractivity contribution >= 4 is 5.91 Å². The third kappa shape index (κ3) is 2.40. The molecule has 2 aromatic heterocycles. The SMILES string of the molecule is O=C(c1cnn(C2CCC2)c1)N1CCC(c2ccccn2)C1. The molecule has 5 nitrogen and oxygen atoms in total. The molecule has 2 aliphatic rings. The number of hydrogen-bond donors (Lipinski definition) is 0. The van der Waals surface area contributed by atoms with Gasteiger partial charge in [0.25, 0.3) is 5.91 Å². The molecule has 2 fully saturated rings. The maximum atomic E-state index is 12.6. The predicted molar refractivity (Wildman–Crippen MR) is 82.6 cm³/mol. The van der Waals surface area contributed by atoms with Gasteiger partial charge in [0.1, 0.15) is 0 Å². The zero-order valence-electron chi connectivity index (χ0n) is 12.6. The Bertz CT molecular complexity index is 662. The van der Waals surface area contributed by atoms with Crippen LogP contribution in [0.2, 0.25) is 0 Å². The Labute approximate surface area is 130 Å². The number of carbonyl (C=O) groups excluding carboxylic acids is 1. The van der Waals surface area contributed by atoms with E-state index in [2.05, 4.69) is 10.1 Å². The van der Waals surface area contributed by atoms with Crippen LogP contribution in [0.3, 0.4) is 0 Å². The first kappa shape index (κ1) is 13.5. The third-order valence-corrected chi connectivity index (χ3v) is 4.88. The van der Waals surface area contributed by atoms with Crippen molar-refractivity contribution < 1.29 is 4.79 Å². The van der Waals surface area contributed by atoms with Crippen LogP contribution in [-0.2, 0) is 0 Å². The van der Waals surface area contributed by atoms with Crippen molar-refractivity contribution in [2.75, 3.05) is 13.1 Å². The van der Waals surface area contributed by atoms with Crippen LogP contribution in [0.1, 0.15) is 53.7 Å². The summed E-state index contributed by atoms with van der Waals surface area (Å²) in [4.78, 5) is 19.0. The third-order valence-electron chi connectivity index (χ3n) is 4.88. The van der Waals surface area contributed by atoms with Gasteiger partial charge in [-0.15, -0.1) is 0 Å². The maximum absolute atomic E-state index is 12.6. The van der Waals surface area contributed by atoms with Crippen molar-refractivity contribution in [1.29, 1.82) is 0 Å². The maximum Gasteiger partial charge on any atom is 0.257 e. The van der Waals surface area contributed by atoms with Crippen LogP contribution < -0.4 is 0 Å². The first-order chi connectivity index (χ1) is 10.8. The first-order valence-electron chi connectivity index (χ1n) is 8.05. The molecule has 5 heteroatoms. The first-order valence-corrected chi connectivity index (χ1v) is 8.05. The van der Waals surface area contributed by atoms with Crippen LogP contribution in [-0.4, -0.2) is 38.7 Å². The molecule has 1 aliphatic heterocycles. The molecular weight excluding hydrogens is 276 g/mol. The summed E-state index contributed by atoms with van der Waals surface area (Å²) in [6, 6.07) is 6.49. The van der Waals surface area contributed by atoms with Gasteiger partial charge in [0.2, 0.25) is 0 Å². The standard InChI is InChI=1S/C17H20N4O/c22-17(14-10-19-21(12-14)15-4-3-5-15)20-9-7-13(11-20)16-6-1-2-8-18-16/h1-2,6,8,10,12-13,15H,3-5,7,9,11H2. The molecule has 3 heterocycles. The summed E-state index contributed by atoms with van der Waals surface area (Å²) in [5.74, 6) is 0.454. The van der Waals surface area contributed by atoms with E-state index in [0.717, 1.165) is 25.2 Å². The molecule has 2 aromatic rings. The molecule has 1 unspecified atom stereocenters. The Hall–Kier alpha value is -2.17. The van der Waals surface area contributed by atoms with Crippen molar-refractivity contribution in [2.45, 2.75) is 37.6 Å². The zero-order valence-corrected chi connectivity index (χ0v) is 12.6. The second kappa shape index (κ2) is 5.55. The highest BCUT2D eigenvalue weighted by molar-refractivity contribution is 5.94. The van der Waals surface area contributed by atoms with Crippen molar-refractivity contribution in [3.8, 4) is 0 Å². The molecule has 22 heavy (non-hydrogen) atoms. The number of rotatable bonds is 3. The van der Waals surface area contributed by atoms with E-state index in [0.29, 0.717) is 17.5 Å². The summed E-state index contributed by atoms with van der Waals surface area (Å²) in [5.41, 5.74) is 1.80. The molecule has 1 saturated carbocycles. The lowest BCUT2D eigenvalue weighted by atomic mass is 9.93. The van der Waals surface area contributed by atoms with E-state index in [1.807, 2.05) is 40.2 Å². The molecule has 0 aromatic carbocycles. The Morgan fingerprint density at radius 2 is 2.14 bits per heavy atom. The van der Waals surface area contributed by atoms with E-state index in [1.54, 1.807) is 6.20 Å². The van der Waals surface area contributed by atoms with Crippen LogP contribution in [0.4, 0.5) is 0 Å². The number of likely N-dealkylation sites (tertiary alicyclic amines) is 1. The van der Waals surface area contributed by atoms with Crippen LogP contribution in [0.5, 0.6) is 0 Å². The lowest BCUT2D eigenvalue weighted by Gasteiger charge is -2.25. The molecule has 4 rings (SSSR count). The Kier molecular flexibility index (Phi) is 3.41. The minimum Gasteiger partial charge on any atom is -0.338 e. The van der Waals surface area contributed by atoms with E-state index in [9.17, 15) is 4.79 Å². The van der Waals surface area contributed by atoms with E-state index in [4.69, 9.17) is 0 Å². The number of carbonyl (C=O) groups is 1. The van der Waals surface area contributed by atoms with Crippen LogP contribution >= 0.6 is 0 Å². The average Bonchev–Trinajstić information content (AvgIpc) is 3.15. The molecule has 1 aliphatic carbocycles. The Balaban J connectivity index is 1.44. The van der Waals surface area contributed by atoms with Gasteiger partial charge < -0.3 is 4.90 Å². The highest BCUT2D eigenvalue weighted by Gasteiger charge is 2.30. The fourth-order valence-electron chi connectivity index (χ4n) is 3.29. The zero-order chi connectivity index (χ0) is 14.9. The molecular formula is C17H20N4O. The summed E-state index contributed by atoms with van der Waals surface area (Å²) in [6.07, 6.45) is 10.1. The van der Waals surface area contributed by atoms with Crippen molar-refractivity contribution in [3.05, 3.63) is 48.0 Å². The van der Waals surface area contributed by atoms with Gasteiger partial charge in [0.05, 0.1) is 17.8 Å². The monoisotopic (exact) mass is 296 g/mol. The number of hydrogen-bond acceptors (Lipinski definition) is 3. The highest BCUT2D eigenvalue weighted by Crippen LogP contribution is 2.31. The smallest absolute Gasteiger partial charge is 0.257 e. The highest BCUT2D eigenvalue weighted by atomic mass is 16.2. The number of amides is 1. The number of aromatic nitrogens is 3. The van der Waals surface area contributed by atoms with E-state index < -0.39 is 0 Å². The van der Waals surface area contributed by atoms with Crippen LogP contribution in [0.15, 0.2) is 36.8 Å². The molecule has 1 atom stereocenters.